The maximum Gasteiger partial charge on any atom is 0.315 e. The molecule has 0 radical (unpaired) electrons. The van der Waals surface area contributed by atoms with Crippen LogP contribution in [0, 0.1) is 26.9 Å². The van der Waals surface area contributed by atoms with E-state index in [4.69, 9.17) is 0 Å². The summed E-state index contributed by atoms with van der Waals surface area (Å²) in [6.07, 6.45) is 0. The van der Waals surface area contributed by atoms with Gasteiger partial charge in [0.15, 0.2) is 0 Å². The van der Waals surface area contributed by atoms with E-state index < -0.39 is 0 Å². The van der Waals surface area contributed by atoms with E-state index in [9.17, 15) is 10.1 Å². The predicted molar refractivity (Wildman–Crippen MR) is 86.8 cm³/mol. The van der Waals surface area contributed by atoms with Crippen molar-refractivity contribution in [2.24, 2.45) is 16.7 Å². The molecule has 5 heteroatoms. The van der Waals surface area contributed by atoms with E-state index in [-0.39, 0.29) is 21.4 Å². The van der Waals surface area contributed by atoms with Crippen LogP contribution in [0.2, 0.25) is 0 Å². The first kappa shape index (κ1) is 15.6. The number of nitro benzene ring substituents is 1. The van der Waals surface area contributed by atoms with Crippen LogP contribution < -0.4 is 10.6 Å². The zero-order valence-corrected chi connectivity index (χ0v) is 13.5. The Morgan fingerprint density at radius 2 is 1.67 bits per heavy atom. The summed E-state index contributed by atoms with van der Waals surface area (Å²) < 4.78 is 0. The van der Waals surface area contributed by atoms with Crippen LogP contribution in [0.3, 0.4) is 0 Å². The molecule has 5 nitrogen and oxygen atoms in total. The van der Waals surface area contributed by atoms with Crippen LogP contribution in [0.4, 0.5) is 17.1 Å². The zero-order chi connectivity index (χ0) is 15.8. The molecule has 1 aromatic carbocycles. The van der Waals surface area contributed by atoms with E-state index in [2.05, 4.69) is 38.3 Å². The summed E-state index contributed by atoms with van der Waals surface area (Å²) in [4.78, 5) is 11.0. The average Bonchev–Trinajstić information content (AvgIpc) is 2.77. The molecule has 21 heavy (non-hydrogen) atoms. The van der Waals surface area contributed by atoms with Gasteiger partial charge in [-0.25, -0.2) is 0 Å². The van der Waals surface area contributed by atoms with Gasteiger partial charge in [-0.15, -0.1) is 0 Å². The maximum atomic E-state index is 11.4. The lowest BCUT2D eigenvalue weighted by molar-refractivity contribution is -0.383. The van der Waals surface area contributed by atoms with Gasteiger partial charge in [0.05, 0.1) is 4.92 Å². The first-order chi connectivity index (χ1) is 9.73. The van der Waals surface area contributed by atoms with Gasteiger partial charge in [-0.2, -0.15) is 0 Å². The predicted octanol–water partition coefficient (Wildman–Crippen LogP) is 4.12. The van der Waals surface area contributed by atoms with E-state index in [0.717, 1.165) is 6.54 Å². The average molecular weight is 291 g/mol. The van der Waals surface area contributed by atoms with Gasteiger partial charge in [-0.05, 0) is 35.8 Å². The molecule has 2 N–H and O–H groups in total. The SMILES string of the molecule is CCNc1cccc(NCC2C(C)(C)C2(C)C)c1[N+](=O)[O-]. The smallest absolute Gasteiger partial charge is 0.315 e. The topological polar surface area (TPSA) is 67.2 Å². The first-order valence-corrected chi connectivity index (χ1v) is 7.48. The number of rotatable bonds is 6. The highest BCUT2D eigenvalue weighted by Gasteiger charge is 2.64. The molecule has 1 fully saturated rings. The number of benzene rings is 1. The molecule has 0 aromatic heterocycles. The Balaban J connectivity index is 2.18. The Morgan fingerprint density at radius 1 is 1.14 bits per heavy atom. The summed E-state index contributed by atoms with van der Waals surface area (Å²) in [5.74, 6) is 0.521. The van der Waals surface area contributed by atoms with Gasteiger partial charge in [0, 0.05) is 13.1 Å². The largest absolute Gasteiger partial charge is 0.380 e. The van der Waals surface area contributed by atoms with Crippen LogP contribution in [-0.4, -0.2) is 18.0 Å². The lowest BCUT2D eigenvalue weighted by Crippen LogP contribution is -2.11. The van der Waals surface area contributed by atoms with Crippen molar-refractivity contribution in [3.05, 3.63) is 28.3 Å². The van der Waals surface area contributed by atoms with E-state index >= 15 is 0 Å². The molecule has 0 spiro atoms. The van der Waals surface area contributed by atoms with Crippen molar-refractivity contribution in [1.29, 1.82) is 0 Å². The molecule has 116 valence electrons. The maximum absolute atomic E-state index is 11.4. The van der Waals surface area contributed by atoms with Crippen LogP contribution >= 0.6 is 0 Å². The third-order valence-electron chi connectivity index (χ3n) is 5.40. The molecule has 2 rings (SSSR count). The molecular formula is C16H25N3O2. The van der Waals surface area contributed by atoms with E-state index in [1.807, 2.05) is 13.0 Å². The highest BCUT2D eigenvalue weighted by molar-refractivity contribution is 5.76. The lowest BCUT2D eigenvalue weighted by Gasteiger charge is -2.11. The minimum Gasteiger partial charge on any atom is -0.380 e. The van der Waals surface area contributed by atoms with Crippen LogP contribution in [0.1, 0.15) is 34.6 Å². The highest BCUT2D eigenvalue weighted by Crippen LogP contribution is 2.68. The van der Waals surface area contributed by atoms with Gasteiger partial charge >= 0.3 is 5.69 Å². The van der Waals surface area contributed by atoms with Crippen LogP contribution in [0.15, 0.2) is 18.2 Å². The van der Waals surface area contributed by atoms with Gasteiger partial charge in [0.25, 0.3) is 0 Å². The number of hydrogen-bond acceptors (Lipinski definition) is 4. The van der Waals surface area contributed by atoms with E-state index in [0.29, 0.717) is 23.8 Å². The molecule has 0 amide bonds. The van der Waals surface area contributed by atoms with Crippen molar-refractivity contribution in [2.75, 3.05) is 23.7 Å². The number of para-hydroxylation sites is 1. The Hall–Kier alpha value is -1.78. The molecule has 0 saturated heterocycles. The Labute approximate surface area is 126 Å². The molecule has 0 aliphatic heterocycles. The summed E-state index contributed by atoms with van der Waals surface area (Å²) in [6.45, 7) is 12.4. The van der Waals surface area contributed by atoms with Crippen molar-refractivity contribution in [1.82, 2.24) is 0 Å². The monoisotopic (exact) mass is 291 g/mol. The molecule has 1 saturated carbocycles. The molecule has 0 atom stereocenters. The summed E-state index contributed by atoms with van der Waals surface area (Å²) in [6, 6.07) is 5.37. The van der Waals surface area contributed by atoms with Crippen molar-refractivity contribution in [3.63, 3.8) is 0 Å². The van der Waals surface area contributed by atoms with Crippen LogP contribution in [-0.2, 0) is 0 Å². The zero-order valence-electron chi connectivity index (χ0n) is 13.5. The number of anilines is 2. The summed E-state index contributed by atoms with van der Waals surface area (Å²) in [5, 5.41) is 17.7. The van der Waals surface area contributed by atoms with Gasteiger partial charge in [-0.3, -0.25) is 10.1 Å². The second-order valence-corrected chi connectivity index (χ2v) is 6.87. The number of nitrogens with zero attached hydrogens (tertiary/aromatic N) is 1. The first-order valence-electron chi connectivity index (χ1n) is 7.48. The van der Waals surface area contributed by atoms with Crippen molar-refractivity contribution >= 4 is 17.1 Å². The molecule has 1 aromatic rings. The van der Waals surface area contributed by atoms with Gasteiger partial charge in [-0.1, -0.05) is 33.8 Å². The number of hydrogen-bond donors (Lipinski definition) is 2. The molecule has 0 heterocycles. The normalized spacial score (nSPS) is 19.1. The summed E-state index contributed by atoms with van der Waals surface area (Å²) in [7, 11) is 0. The fraction of sp³-hybridized carbons (Fsp3) is 0.625. The molecule has 1 aliphatic carbocycles. The minimum atomic E-state index is -0.316. The highest BCUT2D eigenvalue weighted by atomic mass is 16.6. The van der Waals surface area contributed by atoms with Crippen LogP contribution in [0.5, 0.6) is 0 Å². The van der Waals surface area contributed by atoms with Gasteiger partial charge in [0.2, 0.25) is 0 Å². The third-order valence-corrected chi connectivity index (χ3v) is 5.40. The standard InChI is InChI=1S/C16H25N3O2/c1-6-17-11-8-7-9-12(14(11)19(20)21)18-10-13-15(2,3)16(13,4)5/h7-9,13,17-18H,6,10H2,1-5H3. The molecule has 0 bridgehead atoms. The lowest BCUT2D eigenvalue weighted by atomic mass is 10.0. The van der Waals surface area contributed by atoms with Crippen molar-refractivity contribution in [2.45, 2.75) is 34.6 Å². The number of nitrogens with one attached hydrogen (secondary N) is 2. The van der Waals surface area contributed by atoms with Gasteiger partial charge < -0.3 is 10.6 Å². The number of nitro groups is 1. The van der Waals surface area contributed by atoms with Crippen LogP contribution in [0.25, 0.3) is 0 Å². The summed E-state index contributed by atoms with van der Waals surface area (Å²) >= 11 is 0. The van der Waals surface area contributed by atoms with E-state index in [1.54, 1.807) is 12.1 Å². The van der Waals surface area contributed by atoms with Crippen molar-refractivity contribution < 1.29 is 4.92 Å². The molecule has 0 unspecified atom stereocenters. The fourth-order valence-electron chi connectivity index (χ4n) is 3.27. The third kappa shape index (κ3) is 2.57. The Bertz CT molecular complexity index is 538. The molecular weight excluding hydrogens is 266 g/mol. The Morgan fingerprint density at radius 3 is 2.10 bits per heavy atom. The molecule has 1 aliphatic rings. The van der Waals surface area contributed by atoms with E-state index in [1.165, 1.54) is 0 Å². The second-order valence-electron chi connectivity index (χ2n) is 6.87. The fourth-order valence-corrected chi connectivity index (χ4v) is 3.27. The Kier molecular flexibility index (Phi) is 3.87. The quantitative estimate of drug-likeness (QED) is 0.611. The van der Waals surface area contributed by atoms with Gasteiger partial charge in [0.1, 0.15) is 11.4 Å². The minimum absolute atomic E-state index is 0.135. The summed E-state index contributed by atoms with van der Waals surface area (Å²) in [5.41, 5.74) is 1.84. The second kappa shape index (κ2) is 5.20. The van der Waals surface area contributed by atoms with Crippen molar-refractivity contribution in [3.8, 4) is 0 Å².